The second-order valence-electron chi connectivity index (χ2n) is 2.40. The second-order valence-corrected chi connectivity index (χ2v) is 2.40. The van der Waals surface area contributed by atoms with Gasteiger partial charge < -0.3 is 10.1 Å². The van der Waals surface area contributed by atoms with Gasteiger partial charge in [0.1, 0.15) is 6.61 Å². The van der Waals surface area contributed by atoms with Crippen LogP contribution in [-0.2, 0) is 9.53 Å². The minimum Gasteiger partial charge on any atom is -0.500 e. The molecule has 3 heteroatoms. The summed E-state index contributed by atoms with van der Waals surface area (Å²) in [7, 11) is 0. The summed E-state index contributed by atoms with van der Waals surface area (Å²) in [6.45, 7) is 8.01. The van der Waals surface area contributed by atoms with E-state index in [9.17, 15) is 4.79 Å². The number of hydrogen-bond donors (Lipinski definition) is 1. The number of ether oxygens (including phenoxy) is 1. The minimum absolute atomic E-state index is 0.0460. The molecule has 0 unspecified atom stereocenters. The van der Waals surface area contributed by atoms with E-state index in [0.717, 1.165) is 5.70 Å². The van der Waals surface area contributed by atoms with Crippen molar-refractivity contribution in [3.8, 4) is 0 Å². The smallest absolute Gasteiger partial charge is 0.154 e. The van der Waals surface area contributed by atoms with Crippen LogP contribution in [0.3, 0.4) is 0 Å². The van der Waals surface area contributed by atoms with Gasteiger partial charge in [0.05, 0.1) is 6.26 Å². The van der Waals surface area contributed by atoms with E-state index in [1.54, 1.807) is 6.08 Å². The van der Waals surface area contributed by atoms with Crippen molar-refractivity contribution in [2.45, 2.75) is 13.8 Å². The monoisotopic (exact) mass is 169 g/mol. The lowest BCUT2D eigenvalue weighted by molar-refractivity contribution is -0.112. The molecule has 0 saturated heterocycles. The molecule has 12 heavy (non-hydrogen) atoms. The molecular weight excluding hydrogens is 154 g/mol. The molecule has 68 valence electrons. The summed E-state index contributed by atoms with van der Waals surface area (Å²) in [4.78, 5) is 10.6. The first-order valence-electron chi connectivity index (χ1n) is 3.82. The molecule has 0 aromatic heterocycles. The molecular formula is C9H15NO2. The van der Waals surface area contributed by atoms with Gasteiger partial charge in [-0.05, 0) is 19.9 Å². The highest BCUT2D eigenvalue weighted by atomic mass is 16.5. The summed E-state index contributed by atoms with van der Waals surface area (Å²) in [5.41, 5.74) is 0.857. The van der Waals surface area contributed by atoms with Gasteiger partial charge in [-0.2, -0.15) is 0 Å². The fourth-order valence-corrected chi connectivity index (χ4v) is 0.746. The van der Waals surface area contributed by atoms with Crippen LogP contribution in [0.5, 0.6) is 0 Å². The van der Waals surface area contributed by atoms with Gasteiger partial charge in [-0.25, -0.2) is 0 Å². The first-order chi connectivity index (χ1) is 5.66. The molecule has 1 N–H and O–H groups in total. The third-order valence-corrected chi connectivity index (χ3v) is 1.16. The molecule has 0 spiro atoms. The Morgan fingerprint density at radius 2 is 2.25 bits per heavy atom. The van der Waals surface area contributed by atoms with Crippen LogP contribution in [0.2, 0.25) is 0 Å². The number of carbonyl (C=O) groups is 1. The summed E-state index contributed by atoms with van der Waals surface area (Å²) >= 11 is 0. The van der Waals surface area contributed by atoms with Gasteiger partial charge >= 0.3 is 0 Å². The maximum absolute atomic E-state index is 10.6. The van der Waals surface area contributed by atoms with Crippen LogP contribution in [0.25, 0.3) is 0 Å². The molecule has 3 nitrogen and oxygen atoms in total. The highest BCUT2D eigenvalue weighted by Crippen LogP contribution is 1.86. The molecule has 0 bridgehead atoms. The zero-order chi connectivity index (χ0) is 9.40. The SMILES string of the molecule is C=COCCN/C(C)=C\C(C)=O. The Bertz CT molecular complexity index is 185. The predicted octanol–water partition coefficient (Wildman–Crippen LogP) is 1.23. The molecule has 0 heterocycles. The van der Waals surface area contributed by atoms with E-state index in [4.69, 9.17) is 4.74 Å². The second kappa shape index (κ2) is 6.46. The molecule has 0 aliphatic heterocycles. The molecule has 0 aliphatic carbocycles. The number of rotatable bonds is 6. The topological polar surface area (TPSA) is 38.3 Å². The van der Waals surface area contributed by atoms with E-state index < -0.39 is 0 Å². The van der Waals surface area contributed by atoms with E-state index >= 15 is 0 Å². The van der Waals surface area contributed by atoms with E-state index in [0.29, 0.717) is 13.2 Å². The van der Waals surface area contributed by atoms with Gasteiger partial charge in [0.2, 0.25) is 0 Å². The Balaban J connectivity index is 3.49. The summed E-state index contributed by atoms with van der Waals surface area (Å²) in [6.07, 6.45) is 2.94. The van der Waals surface area contributed by atoms with Crippen molar-refractivity contribution in [3.63, 3.8) is 0 Å². The summed E-state index contributed by atoms with van der Waals surface area (Å²) < 4.78 is 4.88. The average molecular weight is 169 g/mol. The maximum atomic E-state index is 10.6. The molecule has 0 aromatic rings. The third kappa shape index (κ3) is 6.86. The van der Waals surface area contributed by atoms with Crippen LogP contribution in [0.15, 0.2) is 24.6 Å². The fraction of sp³-hybridized carbons (Fsp3) is 0.444. The predicted molar refractivity (Wildman–Crippen MR) is 48.6 cm³/mol. The molecule has 0 amide bonds. The lowest BCUT2D eigenvalue weighted by Gasteiger charge is -2.04. The highest BCUT2D eigenvalue weighted by molar-refractivity contribution is 5.87. The Kier molecular flexibility index (Phi) is 5.79. The number of ketones is 1. The minimum atomic E-state index is 0.0460. The number of allylic oxidation sites excluding steroid dienone is 2. The van der Waals surface area contributed by atoms with Crippen LogP contribution in [0.4, 0.5) is 0 Å². The first kappa shape index (κ1) is 10.8. The van der Waals surface area contributed by atoms with Crippen molar-refractivity contribution in [2.75, 3.05) is 13.2 Å². The van der Waals surface area contributed by atoms with Gasteiger partial charge in [0, 0.05) is 12.2 Å². The van der Waals surface area contributed by atoms with Crippen LogP contribution >= 0.6 is 0 Å². The van der Waals surface area contributed by atoms with Gasteiger partial charge in [-0.1, -0.05) is 6.58 Å². The molecule has 0 saturated carbocycles. The van der Waals surface area contributed by atoms with E-state index in [-0.39, 0.29) is 5.78 Å². The van der Waals surface area contributed by atoms with Crippen molar-refractivity contribution >= 4 is 5.78 Å². The largest absolute Gasteiger partial charge is 0.500 e. The van der Waals surface area contributed by atoms with Crippen molar-refractivity contribution in [3.05, 3.63) is 24.6 Å². The van der Waals surface area contributed by atoms with Gasteiger partial charge in [-0.15, -0.1) is 0 Å². The maximum Gasteiger partial charge on any atom is 0.154 e. The van der Waals surface area contributed by atoms with Crippen molar-refractivity contribution in [1.29, 1.82) is 0 Å². The lowest BCUT2D eigenvalue weighted by Crippen LogP contribution is -2.17. The highest BCUT2D eigenvalue weighted by Gasteiger charge is 1.90. The fourth-order valence-electron chi connectivity index (χ4n) is 0.746. The normalized spacial score (nSPS) is 10.7. The molecule has 0 radical (unpaired) electrons. The van der Waals surface area contributed by atoms with E-state index in [2.05, 4.69) is 11.9 Å². The zero-order valence-electron chi connectivity index (χ0n) is 7.59. The molecule has 0 rings (SSSR count). The molecule has 0 aliphatic rings. The van der Waals surface area contributed by atoms with E-state index in [1.807, 2.05) is 6.92 Å². The Morgan fingerprint density at radius 3 is 2.75 bits per heavy atom. The van der Waals surface area contributed by atoms with Gasteiger partial charge in [-0.3, -0.25) is 4.79 Å². The van der Waals surface area contributed by atoms with Crippen LogP contribution in [0, 0.1) is 0 Å². The quantitative estimate of drug-likeness (QED) is 0.369. The molecule has 0 fully saturated rings. The standard InChI is InChI=1S/C9H15NO2/c1-4-12-6-5-10-8(2)7-9(3)11/h4,7,10H,1,5-6H2,2-3H3/b8-7-. The zero-order valence-corrected chi connectivity index (χ0v) is 7.59. The van der Waals surface area contributed by atoms with Gasteiger partial charge in [0.25, 0.3) is 0 Å². The summed E-state index contributed by atoms with van der Waals surface area (Å²) in [6, 6.07) is 0. The number of nitrogens with one attached hydrogen (secondary N) is 1. The number of hydrogen-bond acceptors (Lipinski definition) is 3. The van der Waals surface area contributed by atoms with Crippen LogP contribution in [-0.4, -0.2) is 18.9 Å². The Morgan fingerprint density at radius 1 is 1.58 bits per heavy atom. The lowest BCUT2D eigenvalue weighted by atomic mass is 10.3. The average Bonchev–Trinajstić information content (AvgIpc) is 1.97. The van der Waals surface area contributed by atoms with Crippen LogP contribution < -0.4 is 5.32 Å². The van der Waals surface area contributed by atoms with E-state index in [1.165, 1.54) is 13.2 Å². The Labute approximate surface area is 73.1 Å². The molecule has 0 aromatic carbocycles. The first-order valence-corrected chi connectivity index (χ1v) is 3.82. The molecule has 0 atom stereocenters. The number of carbonyl (C=O) groups excluding carboxylic acids is 1. The van der Waals surface area contributed by atoms with Crippen molar-refractivity contribution < 1.29 is 9.53 Å². The third-order valence-electron chi connectivity index (χ3n) is 1.16. The summed E-state index contributed by atoms with van der Waals surface area (Å²) in [5.74, 6) is 0.0460. The summed E-state index contributed by atoms with van der Waals surface area (Å²) in [5, 5.41) is 3.02. The van der Waals surface area contributed by atoms with Crippen LogP contribution in [0.1, 0.15) is 13.8 Å². The Hall–Kier alpha value is -1.25. The van der Waals surface area contributed by atoms with Gasteiger partial charge in [0.15, 0.2) is 5.78 Å². The van der Waals surface area contributed by atoms with Crippen molar-refractivity contribution in [2.24, 2.45) is 0 Å². The van der Waals surface area contributed by atoms with Crippen molar-refractivity contribution in [1.82, 2.24) is 5.32 Å².